The number of hydrogen-bond acceptors (Lipinski definition) is 9. The number of allylic oxidation sites excluding steroid dienone is 1. The van der Waals surface area contributed by atoms with Gasteiger partial charge in [-0.1, -0.05) is 126 Å². The van der Waals surface area contributed by atoms with Crippen molar-refractivity contribution >= 4 is 57.6 Å². The van der Waals surface area contributed by atoms with Crippen LogP contribution in [0.3, 0.4) is 0 Å². The highest BCUT2D eigenvalue weighted by Gasteiger charge is 2.45. The summed E-state index contributed by atoms with van der Waals surface area (Å²) in [5.74, 6) is -0.435. The number of amides is 1. The summed E-state index contributed by atoms with van der Waals surface area (Å²) in [4.78, 5) is 28.8. The highest BCUT2D eigenvalue weighted by Crippen LogP contribution is 2.45. The Bertz CT molecular complexity index is 1980. The molecule has 0 bridgehead atoms. The topological polar surface area (TPSA) is 102 Å². The Balaban J connectivity index is 1.35. The lowest BCUT2D eigenvalue weighted by molar-refractivity contribution is -0.117. The second-order valence-corrected chi connectivity index (χ2v) is 13.2. The first kappa shape index (κ1) is 33.0. The van der Waals surface area contributed by atoms with Crippen LogP contribution in [0.25, 0.3) is 6.08 Å². The van der Waals surface area contributed by atoms with Gasteiger partial charge in [-0.2, -0.15) is 0 Å². The molecule has 6 rings (SSSR count). The van der Waals surface area contributed by atoms with Gasteiger partial charge >= 0.3 is 0 Å². The number of ketones is 1. The van der Waals surface area contributed by atoms with Gasteiger partial charge in [0.2, 0.25) is 5.13 Å². The maximum Gasteiger partial charge on any atom is 0.296 e. The van der Waals surface area contributed by atoms with Crippen LogP contribution in [0.4, 0.5) is 5.13 Å². The van der Waals surface area contributed by atoms with E-state index >= 15 is 0 Å². The smallest absolute Gasteiger partial charge is 0.296 e. The molecule has 242 valence electrons. The Labute approximate surface area is 291 Å². The maximum atomic E-state index is 13.8. The number of benzene rings is 4. The van der Waals surface area contributed by atoms with E-state index in [-0.39, 0.29) is 10.7 Å². The number of anilines is 1. The number of thioether (sulfide) groups is 1. The molecule has 2 heterocycles. The zero-order valence-electron chi connectivity index (χ0n) is 25.8. The summed E-state index contributed by atoms with van der Waals surface area (Å²) in [6.07, 6.45) is 3.00. The number of aromatic nitrogens is 2. The third-order valence-corrected chi connectivity index (χ3v) is 9.91. The average molecular weight is 696 g/mol. The fraction of sp³-hybridized carbons (Fsp3) is 0.135. The van der Waals surface area contributed by atoms with E-state index in [2.05, 4.69) is 10.2 Å². The first-order valence-electron chi connectivity index (χ1n) is 15.1. The van der Waals surface area contributed by atoms with Crippen LogP contribution in [0.2, 0.25) is 5.02 Å². The number of ether oxygens (including phenoxy) is 2. The quantitative estimate of drug-likeness (QED) is 0.0742. The molecule has 0 fully saturated rings. The summed E-state index contributed by atoms with van der Waals surface area (Å²) in [5, 5.41) is 20.7. The van der Waals surface area contributed by atoms with Crippen molar-refractivity contribution in [2.75, 3.05) is 11.5 Å². The standard InChI is InChI=1S/C37H30ClN3O5S2/c1-2-45-31-21-26(18-20-30(31)46-22-25-13-7-4-8-14-25)33-32(29(42)19-17-24-11-5-3-6-12-24)34(43)35(44)41(33)36-39-40-37(48-36)47-23-27-15-9-10-16-28(27)38/h3-21,33,43H,2,22-23H2,1H3. The molecular weight excluding hydrogens is 666 g/mol. The minimum absolute atomic E-state index is 0.0759. The number of aliphatic hydroxyl groups excluding tert-OH is 1. The monoisotopic (exact) mass is 695 g/mol. The van der Waals surface area contributed by atoms with Crippen molar-refractivity contribution in [2.45, 2.75) is 29.7 Å². The van der Waals surface area contributed by atoms with Crippen molar-refractivity contribution in [3.05, 3.63) is 148 Å². The minimum Gasteiger partial charge on any atom is -0.503 e. The van der Waals surface area contributed by atoms with Gasteiger partial charge in [-0.25, -0.2) is 0 Å². The minimum atomic E-state index is -1.01. The zero-order chi connectivity index (χ0) is 33.5. The molecule has 0 radical (unpaired) electrons. The van der Waals surface area contributed by atoms with Crippen LogP contribution in [0, 0.1) is 0 Å². The van der Waals surface area contributed by atoms with Crippen LogP contribution in [0.1, 0.15) is 35.2 Å². The molecule has 0 saturated carbocycles. The van der Waals surface area contributed by atoms with Gasteiger partial charge in [-0.3, -0.25) is 14.5 Å². The predicted octanol–water partition coefficient (Wildman–Crippen LogP) is 8.64. The van der Waals surface area contributed by atoms with Gasteiger partial charge in [0.15, 0.2) is 27.4 Å². The highest BCUT2D eigenvalue weighted by molar-refractivity contribution is 8.00. The van der Waals surface area contributed by atoms with E-state index < -0.39 is 23.5 Å². The summed E-state index contributed by atoms with van der Waals surface area (Å²) in [7, 11) is 0. The van der Waals surface area contributed by atoms with E-state index in [0.717, 1.165) is 16.7 Å². The lowest BCUT2D eigenvalue weighted by Crippen LogP contribution is -2.31. The molecule has 5 aromatic rings. The summed E-state index contributed by atoms with van der Waals surface area (Å²) in [6.45, 7) is 2.53. The summed E-state index contributed by atoms with van der Waals surface area (Å²) in [5.41, 5.74) is 3.17. The normalized spacial score (nSPS) is 14.6. The van der Waals surface area contributed by atoms with E-state index in [1.807, 2.05) is 91.9 Å². The van der Waals surface area contributed by atoms with E-state index in [4.69, 9.17) is 21.1 Å². The number of aliphatic hydroxyl groups is 1. The molecule has 11 heteroatoms. The average Bonchev–Trinajstić information content (AvgIpc) is 3.68. The fourth-order valence-electron chi connectivity index (χ4n) is 5.13. The van der Waals surface area contributed by atoms with E-state index in [1.165, 1.54) is 34.1 Å². The first-order valence-corrected chi connectivity index (χ1v) is 17.3. The zero-order valence-corrected chi connectivity index (χ0v) is 28.2. The highest BCUT2D eigenvalue weighted by atomic mass is 35.5. The lowest BCUT2D eigenvalue weighted by Gasteiger charge is -2.24. The Kier molecular flexibility index (Phi) is 10.5. The number of carbonyl (C=O) groups excluding carboxylic acids is 2. The van der Waals surface area contributed by atoms with Gasteiger partial charge in [0.1, 0.15) is 6.61 Å². The maximum absolute atomic E-state index is 13.8. The number of carbonyl (C=O) groups is 2. The van der Waals surface area contributed by atoms with Crippen LogP contribution < -0.4 is 14.4 Å². The van der Waals surface area contributed by atoms with Gasteiger partial charge in [-0.15, -0.1) is 10.2 Å². The molecule has 1 atom stereocenters. The summed E-state index contributed by atoms with van der Waals surface area (Å²) < 4.78 is 12.7. The molecule has 8 nitrogen and oxygen atoms in total. The van der Waals surface area contributed by atoms with Crippen molar-refractivity contribution < 1.29 is 24.2 Å². The van der Waals surface area contributed by atoms with E-state index in [9.17, 15) is 14.7 Å². The van der Waals surface area contributed by atoms with Gasteiger partial charge < -0.3 is 14.6 Å². The number of hydrogen-bond donors (Lipinski definition) is 1. The molecule has 1 aliphatic rings. The molecule has 1 N–H and O–H groups in total. The third kappa shape index (κ3) is 7.46. The van der Waals surface area contributed by atoms with Crippen LogP contribution in [0.15, 0.2) is 125 Å². The van der Waals surface area contributed by atoms with Gasteiger partial charge in [-0.05, 0) is 53.5 Å². The molecule has 0 aliphatic carbocycles. The summed E-state index contributed by atoms with van der Waals surface area (Å²) in [6, 6.07) is 30.8. The van der Waals surface area contributed by atoms with Crippen molar-refractivity contribution in [1.29, 1.82) is 0 Å². The molecule has 1 aliphatic heterocycles. The number of nitrogens with zero attached hydrogens (tertiary/aromatic N) is 3. The second kappa shape index (κ2) is 15.3. The third-order valence-electron chi connectivity index (χ3n) is 7.43. The molecular formula is C37H30ClN3O5S2. The largest absolute Gasteiger partial charge is 0.503 e. The Morgan fingerprint density at radius 2 is 1.69 bits per heavy atom. The van der Waals surface area contributed by atoms with Crippen LogP contribution in [0.5, 0.6) is 11.5 Å². The van der Waals surface area contributed by atoms with Crippen molar-refractivity contribution in [3.63, 3.8) is 0 Å². The van der Waals surface area contributed by atoms with Crippen LogP contribution in [-0.2, 0) is 21.9 Å². The lowest BCUT2D eigenvalue weighted by atomic mass is 9.95. The van der Waals surface area contributed by atoms with E-state index in [1.54, 1.807) is 24.3 Å². The SMILES string of the molecule is CCOc1cc(C2C(C(=O)C=Cc3ccccc3)=C(O)C(=O)N2c2nnc(SCc3ccccc3Cl)s2)ccc1OCc1ccccc1. The van der Waals surface area contributed by atoms with Crippen molar-refractivity contribution in [1.82, 2.24) is 10.2 Å². The van der Waals surface area contributed by atoms with Gasteiger partial charge in [0.05, 0.1) is 18.2 Å². The van der Waals surface area contributed by atoms with Crippen molar-refractivity contribution in [2.24, 2.45) is 0 Å². The second-order valence-electron chi connectivity index (χ2n) is 10.6. The molecule has 1 unspecified atom stereocenters. The van der Waals surface area contributed by atoms with Crippen molar-refractivity contribution in [3.8, 4) is 11.5 Å². The Morgan fingerprint density at radius 1 is 0.958 bits per heavy atom. The van der Waals surface area contributed by atoms with Crippen LogP contribution >= 0.6 is 34.7 Å². The Morgan fingerprint density at radius 3 is 2.44 bits per heavy atom. The van der Waals surface area contributed by atoms with Gasteiger partial charge in [0, 0.05) is 10.8 Å². The van der Waals surface area contributed by atoms with Gasteiger partial charge in [0.25, 0.3) is 5.91 Å². The molecule has 1 aromatic heterocycles. The van der Waals surface area contributed by atoms with E-state index in [0.29, 0.717) is 45.4 Å². The van der Waals surface area contributed by atoms with Crippen LogP contribution in [-0.4, -0.2) is 33.6 Å². The molecule has 0 spiro atoms. The molecule has 48 heavy (non-hydrogen) atoms. The molecule has 1 amide bonds. The Hall–Kier alpha value is -4.90. The predicted molar refractivity (Wildman–Crippen MR) is 190 cm³/mol. The number of halogens is 1. The fourth-order valence-corrected chi connectivity index (χ4v) is 7.28. The number of rotatable bonds is 13. The molecule has 0 saturated heterocycles. The summed E-state index contributed by atoms with van der Waals surface area (Å²) >= 11 is 8.95. The molecule has 4 aromatic carbocycles. The first-order chi connectivity index (χ1) is 23.4.